The molecule has 5 rings (SSSR count). The zero-order valence-corrected chi connectivity index (χ0v) is 22.1. The van der Waals surface area contributed by atoms with Gasteiger partial charge in [-0.15, -0.1) is 0 Å². The number of nitrogens with zero attached hydrogens (tertiary/aromatic N) is 3. The van der Waals surface area contributed by atoms with Gasteiger partial charge in [0.05, 0.1) is 22.7 Å². The fourth-order valence-corrected chi connectivity index (χ4v) is 5.26. The zero-order chi connectivity index (χ0) is 27.4. The van der Waals surface area contributed by atoms with Crippen LogP contribution in [0.4, 0.5) is 4.39 Å². The molecule has 0 radical (unpaired) electrons. The van der Waals surface area contributed by atoms with Gasteiger partial charge < -0.3 is 9.84 Å². The first kappa shape index (κ1) is 26.3. The van der Waals surface area contributed by atoms with Gasteiger partial charge in [-0.05, 0) is 48.5 Å². The average molecular weight is 560 g/mol. The largest absolute Gasteiger partial charge is 0.489 e. The molecule has 1 amide bonds. The van der Waals surface area contributed by atoms with E-state index in [9.17, 15) is 14.0 Å². The lowest BCUT2D eigenvalue weighted by Crippen LogP contribution is -2.30. The minimum atomic E-state index is -0.999. The number of carbonyl (C=O) groups is 2. The topological polar surface area (TPSA) is 84.7 Å². The van der Waals surface area contributed by atoms with Gasteiger partial charge in [0.25, 0.3) is 5.91 Å². The van der Waals surface area contributed by atoms with Crippen molar-refractivity contribution in [3.63, 3.8) is 0 Å². The maximum Gasteiger partial charge on any atom is 0.305 e. The number of carbonyl (C=O) groups excluding carboxylic acids is 1. The summed E-state index contributed by atoms with van der Waals surface area (Å²) in [5.74, 6) is -1.08. The van der Waals surface area contributed by atoms with Gasteiger partial charge in [0.15, 0.2) is 0 Å². The van der Waals surface area contributed by atoms with E-state index in [-0.39, 0.29) is 31.3 Å². The van der Waals surface area contributed by atoms with Crippen molar-refractivity contribution in [1.29, 1.82) is 0 Å². The van der Waals surface area contributed by atoms with E-state index in [0.717, 1.165) is 23.0 Å². The predicted molar refractivity (Wildman–Crippen MR) is 152 cm³/mol. The number of carboxylic acids is 1. The van der Waals surface area contributed by atoms with Crippen LogP contribution in [-0.4, -0.2) is 42.5 Å². The van der Waals surface area contributed by atoms with Gasteiger partial charge in [0, 0.05) is 29.4 Å². The Hall–Kier alpha value is -4.28. The van der Waals surface area contributed by atoms with Gasteiger partial charge >= 0.3 is 5.97 Å². The van der Waals surface area contributed by atoms with Gasteiger partial charge in [-0.25, -0.2) is 9.07 Å². The van der Waals surface area contributed by atoms with E-state index >= 15 is 0 Å². The van der Waals surface area contributed by atoms with Crippen molar-refractivity contribution >= 4 is 46.3 Å². The van der Waals surface area contributed by atoms with E-state index in [2.05, 4.69) is 0 Å². The Kier molecular flexibility index (Phi) is 7.85. The number of hydrogen-bond donors (Lipinski definition) is 1. The van der Waals surface area contributed by atoms with Crippen LogP contribution in [0.5, 0.6) is 5.75 Å². The average Bonchev–Trinajstić information content (AvgIpc) is 3.48. The van der Waals surface area contributed by atoms with Gasteiger partial charge in [-0.1, -0.05) is 60.4 Å². The molecule has 1 fully saturated rings. The van der Waals surface area contributed by atoms with Crippen molar-refractivity contribution in [2.75, 3.05) is 6.54 Å². The number of halogens is 1. The molecular weight excluding hydrogens is 537 g/mol. The number of hydrogen-bond acceptors (Lipinski definition) is 6. The van der Waals surface area contributed by atoms with Crippen LogP contribution in [0.15, 0.2) is 90.0 Å². The Labute approximate surface area is 233 Å². The molecule has 7 nitrogen and oxygen atoms in total. The molecule has 3 aromatic carbocycles. The number of thioether (sulfide) groups is 1. The van der Waals surface area contributed by atoms with Gasteiger partial charge in [0.1, 0.15) is 22.5 Å². The number of amides is 1. The molecule has 2 heterocycles. The molecule has 0 aliphatic carbocycles. The van der Waals surface area contributed by atoms with Crippen molar-refractivity contribution in [2.24, 2.45) is 0 Å². The van der Waals surface area contributed by atoms with E-state index in [1.807, 2.05) is 48.7 Å². The second kappa shape index (κ2) is 11.6. The third-order valence-corrected chi connectivity index (χ3v) is 7.33. The van der Waals surface area contributed by atoms with E-state index in [1.54, 1.807) is 41.1 Å². The standard InChI is InChI=1S/C29H22FN3O4S2/c30-24-9-5-4-6-20(24)18-37-23-12-10-19(11-13-23)27-21(17-33(31-27)22-7-2-1-3-8-22)16-25-28(36)32(29(38)39-25)15-14-26(34)35/h1-13,16-17H,14-15,18H2,(H,34,35). The molecule has 1 aliphatic heterocycles. The molecule has 0 spiro atoms. The maximum absolute atomic E-state index is 13.9. The predicted octanol–water partition coefficient (Wildman–Crippen LogP) is 5.93. The highest BCUT2D eigenvalue weighted by molar-refractivity contribution is 8.26. The van der Waals surface area contributed by atoms with E-state index < -0.39 is 5.97 Å². The van der Waals surface area contributed by atoms with Gasteiger partial charge in [0.2, 0.25) is 0 Å². The van der Waals surface area contributed by atoms with Crippen LogP contribution in [-0.2, 0) is 16.2 Å². The molecule has 0 atom stereocenters. The molecule has 196 valence electrons. The molecule has 0 saturated carbocycles. The third-order valence-electron chi connectivity index (χ3n) is 5.95. The second-order valence-electron chi connectivity index (χ2n) is 8.59. The summed E-state index contributed by atoms with van der Waals surface area (Å²) in [5, 5.41) is 13.8. The van der Waals surface area contributed by atoms with Crippen LogP contribution in [0.25, 0.3) is 23.0 Å². The molecule has 1 aromatic heterocycles. The van der Waals surface area contributed by atoms with E-state index in [1.165, 1.54) is 11.0 Å². The maximum atomic E-state index is 13.9. The minimum Gasteiger partial charge on any atom is -0.489 e. The Morgan fingerprint density at radius 3 is 2.49 bits per heavy atom. The first-order valence-electron chi connectivity index (χ1n) is 12.0. The van der Waals surface area contributed by atoms with Gasteiger partial charge in [-0.3, -0.25) is 14.5 Å². The summed E-state index contributed by atoms with van der Waals surface area (Å²) >= 11 is 6.46. The summed E-state index contributed by atoms with van der Waals surface area (Å²) in [6, 6.07) is 23.3. The fraction of sp³-hybridized carbons (Fsp3) is 0.103. The first-order valence-corrected chi connectivity index (χ1v) is 13.2. The van der Waals surface area contributed by atoms with Crippen LogP contribution in [0.1, 0.15) is 17.5 Å². The SMILES string of the molecule is O=C(O)CCN1C(=O)C(=Cc2cn(-c3ccccc3)nc2-c2ccc(OCc3ccccc3F)cc2)SC1=S. The third kappa shape index (κ3) is 6.08. The quantitative estimate of drug-likeness (QED) is 0.201. The highest BCUT2D eigenvalue weighted by Crippen LogP contribution is 2.35. The number of thiocarbonyl (C=S) groups is 1. The van der Waals surface area contributed by atoms with Crippen molar-refractivity contribution < 1.29 is 23.8 Å². The highest BCUT2D eigenvalue weighted by Gasteiger charge is 2.32. The number of rotatable bonds is 9. The summed E-state index contributed by atoms with van der Waals surface area (Å²) in [4.78, 5) is 25.7. The van der Waals surface area contributed by atoms with Crippen LogP contribution in [0, 0.1) is 5.82 Å². The second-order valence-corrected chi connectivity index (χ2v) is 10.3. The van der Waals surface area contributed by atoms with Crippen molar-refractivity contribution in [3.05, 3.63) is 107 Å². The molecule has 0 bridgehead atoms. The minimum absolute atomic E-state index is 0.0157. The number of ether oxygens (including phenoxy) is 1. The molecule has 10 heteroatoms. The van der Waals surface area contributed by atoms with Crippen molar-refractivity contribution in [1.82, 2.24) is 14.7 Å². The zero-order valence-electron chi connectivity index (χ0n) is 20.5. The number of carboxylic acid groups (broad SMARTS) is 1. The lowest BCUT2D eigenvalue weighted by molar-refractivity contribution is -0.137. The summed E-state index contributed by atoms with van der Waals surface area (Å²) < 4.78 is 21.7. The molecule has 0 unspecified atom stereocenters. The Balaban J connectivity index is 1.44. The molecular formula is C29H22FN3O4S2. The Bertz CT molecular complexity index is 1570. The molecule has 1 saturated heterocycles. The van der Waals surface area contributed by atoms with E-state index in [0.29, 0.717) is 31.8 Å². The number of aliphatic carboxylic acids is 1. The Morgan fingerprint density at radius 1 is 1.05 bits per heavy atom. The molecule has 1 aliphatic rings. The Morgan fingerprint density at radius 2 is 1.77 bits per heavy atom. The number of benzene rings is 3. The fourth-order valence-electron chi connectivity index (χ4n) is 3.96. The van der Waals surface area contributed by atoms with Crippen LogP contribution in [0.2, 0.25) is 0 Å². The molecule has 1 N–H and O–H groups in total. The normalized spacial score (nSPS) is 14.3. The molecule has 4 aromatic rings. The smallest absolute Gasteiger partial charge is 0.305 e. The van der Waals surface area contributed by atoms with E-state index in [4.69, 9.17) is 27.2 Å². The van der Waals surface area contributed by atoms with Crippen LogP contribution < -0.4 is 4.74 Å². The monoisotopic (exact) mass is 559 g/mol. The summed E-state index contributed by atoms with van der Waals surface area (Å²) in [7, 11) is 0. The number of aromatic nitrogens is 2. The highest BCUT2D eigenvalue weighted by atomic mass is 32.2. The summed E-state index contributed by atoms with van der Waals surface area (Å²) in [6.45, 7) is 0.117. The van der Waals surface area contributed by atoms with Crippen LogP contribution in [0.3, 0.4) is 0 Å². The summed E-state index contributed by atoms with van der Waals surface area (Å²) in [5.41, 5.74) is 3.42. The van der Waals surface area contributed by atoms with Crippen LogP contribution >= 0.6 is 24.0 Å². The lowest BCUT2D eigenvalue weighted by atomic mass is 10.1. The van der Waals surface area contributed by atoms with Gasteiger partial charge in [-0.2, -0.15) is 5.10 Å². The van der Waals surface area contributed by atoms with Crippen molar-refractivity contribution in [2.45, 2.75) is 13.0 Å². The first-order chi connectivity index (χ1) is 18.9. The molecule has 39 heavy (non-hydrogen) atoms. The summed E-state index contributed by atoms with van der Waals surface area (Å²) in [6.07, 6.45) is 3.36. The van der Waals surface area contributed by atoms with Crippen molar-refractivity contribution in [3.8, 4) is 22.7 Å². The lowest BCUT2D eigenvalue weighted by Gasteiger charge is -2.12. The number of para-hydroxylation sites is 1.